The van der Waals surface area contributed by atoms with Gasteiger partial charge in [0.15, 0.2) is 6.67 Å². The molecule has 2 atom stereocenters. The highest BCUT2D eigenvalue weighted by molar-refractivity contribution is 6.68. The Balaban J connectivity index is 2.42. The van der Waals surface area contributed by atoms with Gasteiger partial charge in [-0.25, -0.2) is 4.39 Å². The maximum Gasteiger partial charge on any atom is 0.252 e. The average molecular weight is 308 g/mol. The van der Waals surface area contributed by atoms with E-state index in [4.69, 9.17) is 39.5 Å². The van der Waals surface area contributed by atoms with Gasteiger partial charge in [0.1, 0.15) is 6.17 Å². The van der Waals surface area contributed by atoms with Crippen molar-refractivity contribution in [3.8, 4) is 0 Å². The summed E-state index contributed by atoms with van der Waals surface area (Å²) < 4.78 is 15.7. The number of carbonyl (C=O) groups is 1. The first-order chi connectivity index (χ1) is 7.93. The minimum absolute atomic E-state index is 0.0344. The normalized spacial score (nSPS) is 22.5. The lowest BCUT2D eigenvalue weighted by molar-refractivity contribution is -0.122. The van der Waals surface area contributed by atoms with E-state index < -0.39 is 22.5 Å². The highest BCUT2D eigenvalue weighted by atomic mass is 35.6. The van der Waals surface area contributed by atoms with Gasteiger partial charge in [-0.15, -0.1) is 0 Å². The zero-order chi connectivity index (χ0) is 12.9. The molecule has 0 aromatic heterocycles. The minimum atomic E-state index is -1.75. The van der Waals surface area contributed by atoms with Crippen LogP contribution in [-0.2, 0) is 9.53 Å². The summed E-state index contributed by atoms with van der Waals surface area (Å²) in [5.41, 5.74) is 0. The lowest BCUT2D eigenvalue weighted by atomic mass is 10.2. The zero-order valence-electron chi connectivity index (χ0n) is 9.02. The van der Waals surface area contributed by atoms with Crippen molar-refractivity contribution in [3.63, 3.8) is 0 Å². The third-order valence-corrected chi connectivity index (χ3v) is 2.98. The van der Waals surface area contributed by atoms with Gasteiger partial charge < -0.3 is 10.1 Å². The van der Waals surface area contributed by atoms with E-state index in [9.17, 15) is 9.18 Å². The number of rotatable bonds is 5. The molecule has 0 radical (unpaired) electrons. The van der Waals surface area contributed by atoms with Crippen LogP contribution in [0.25, 0.3) is 0 Å². The Morgan fingerprint density at radius 2 is 2.24 bits per heavy atom. The Labute approximate surface area is 114 Å². The highest BCUT2D eigenvalue weighted by Gasteiger charge is 2.34. The van der Waals surface area contributed by atoms with Gasteiger partial charge in [0.05, 0.1) is 6.10 Å². The van der Waals surface area contributed by atoms with Crippen LogP contribution in [0.1, 0.15) is 12.8 Å². The summed E-state index contributed by atoms with van der Waals surface area (Å²) in [6.45, 7) is -0.00832. The maximum absolute atomic E-state index is 12.1. The number of amides is 1. The highest BCUT2D eigenvalue weighted by Crippen LogP contribution is 2.29. The van der Waals surface area contributed by atoms with E-state index >= 15 is 0 Å². The van der Waals surface area contributed by atoms with E-state index in [1.54, 1.807) is 0 Å². The topological polar surface area (TPSA) is 50.4 Å². The van der Waals surface area contributed by atoms with Crippen molar-refractivity contribution in [2.75, 3.05) is 19.8 Å². The molecule has 1 aliphatic rings. The number of ether oxygens (including phenoxy) is 1. The number of carbonyl (C=O) groups excluding carboxylic acids is 1. The molecule has 0 spiro atoms. The fourth-order valence-electron chi connectivity index (χ4n) is 1.50. The molecular formula is C9H14Cl3FN2O2. The number of nitrogens with one attached hydrogen (secondary N) is 2. The Morgan fingerprint density at radius 1 is 1.53 bits per heavy atom. The fraction of sp³-hybridized carbons (Fsp3) is 0.889. The molecule has 4 nitrogen and oxygen atoms in total. The molecule has 2 N–H and O–H groups in total. The van der Waals surface area contributed by atoms with Crippen molar-refractivity contribution < 1.29 is 13.9 Å². The molecule has 1 aliphatic heterocycles. The molecule has 1 heterocycles. The van der Waals surface area contributed by atoms with Gasteiger partial charge >= 0.3 is 0 Å². The van der Waals surface area contributed by atoms with Crippen LogP contribution < -0.4 is 10.6 Å². The molecule has 0 aromatic rings. The summed E-state index contributed by atoms with van der Waals surface area (Å²) in [4.78, 5) is 10.9. The van der Waals surface area contributed by atoms with Crippen LogP contribution >= 0.6 is 34.8 Å². The summed E-state index contributed by atoms with van der Waals surface area (Å²) in [7, 11) is 0. The number of hydrogen-bond donors (Lipinski definition) is 2. The Morgan fingerprint density at radius 3 is 2.71 bits per heavy atom. The second-order valence-electron chi connectivity index (χ2n) is 3.72. The largest absolute Gasteiger partial charge is 0.377 e. The molecule has 8 heteroatoms. The van der Waals surface area contributed by atoms with Crippen molar-refractivity contribution in [2.24, 2.45) is 0 Å². The van der Waals surface area contributed by atoms with Crippen molar-refractivity contribution in [2.45, 2.75) is 28.9 Å². The van der Waals surface area contributed by atoms with Gasteiger partial charge in [-0.2, -0.15) is 0 Å². The van der Waals surface area contributed by atoms with E-state index in [-0.39, 0.29) is 6.10 Å². The molecule has 100 valence electrons. The predicted molar refractivity (Wildman–Crippen MR) is 65.2 cm³/mol. The van der Waals surface area contributed by atoms with Gasteiger partial charge in [-0.05, 0) is 12.8 Å². The van der Waals surface area contributed by atoms with Gasteiger partial charge in [-0.3, -0.25) is 10.1 Å². The number of alkyl halides is 4. The Kier molecular flexibility index (Phi) is 6.23. The number of hydrogen-bond acceptors (Lipinski definition) is 3. The van der Waals surface area contributed by atoms with Crippen LogP contribution in [0, 0.1) is 0 Å². The van der Waals surface area contributed by atoms with Crippen LogP contribution in [0.2, 0.25) is 0 Å². The summed E-state index contributed by atoms with van der Waals surface area (Å²) in [5.74, 6) is -0.832. The maximum atomic E-state index is 12.1. The van der Waals surface area contributed by atoms with Gasteiger partial charge in [0.25, 0.3) is 5.91 Å². The molecular weight excluding hydrogens is 293 g/mol. The molecule has 17 heavy (non-hydrogen) atoms. The first-order valence-corrected chi connectivity index (χ1v) is 6.34. The molecule has 1 rings (SSSR count). The molecule has 1 amide bonds. The first-order valence-electron chi connectivity index (χ1n) is 5.20. The Bertz CT molecular complexity index is 257. The average Bonchev–Trinajstić information content (AvgIpc) is 2.74. The second kappa shape index (κ2) is 6.95. The third-order valence-electron chi connectivity index (χ3n) is 2.33. The smallest absolute Gasteiger partial charge is 0.252 e. The minimum Gasteiger partial charge on any atom is -0.377 e. The van der Waals surface area contributed by atoms with Gasteiger partial charge in [0, 0.05) is 13.2 Å². The van der Waals surface area contributed by atoms with E-state index in [0.29, 0.717) is 13.2 Å². The summed E-state index contributed by atoms with van der Waals surface area (Å²) >= 11 is 17.0. The third kappa shape index (κ3) is 5.57. The van der Waals surface area contributed by atoms with E-state index in [1.165, 1.54) is 0 Å². The van der Waals surface area contributed by atoms with Gasteiger partial charge in [-0.1, -0.05) is 34.8 Å². The monoisotopic (exact) mass is 306 g/mol. The molecule has 0 bridgehead atoms. The molecule has 1 saturated heterocycles. The molecule has 0 aliphatic carbocycles. The van der Waals surface area contributed by atoms with Crippen LogP contribution in [0.3, 0.4) is 0 Å². The lowest BCUT2D eigenvalue weighted by Gasteiger charge is -2.27. The molecule has 1 fully saturated rings. The molecule has 0 aromatic carbocycles. The first kappa shape index (κ1) is 15.2. The van der Waals surface area contributed by atoms with E-state index in [2.05, 4.69) is 10.6 Å². The van der Waals surface area contributed by atoms with Crippen molar-refractivity contribution >= 4 is 40.7 Å². The summed E-state index contributed by atoms with van der Waals surface area (Å²) in [6.07, 6.45) is 0.991. The van der Waals surface area contributed by atoms with Crippen LogP contribution in [-0.4, -0.2) is 41.8 Å². The summed E-state index contributed by atoms with van der Waals surface area (Å²) in [6, 6.07) is 0. The lowest BCUT2D eigenvalue weighted by Crippen LogP contribution is -2.55. The van der Waals surface area contributed by atoms with Crippen LogP contribution in [0.4, 0.5) is 4.39 Å². The standard InChI is InChI=1S/C9H14Cl3FN2O2/c10-9(11,12)8(15-7(16)4-13)14-5-6-2-1-3-17-6/h6,8,14H,1-5H2,(H,15,16)/t6-,8+/m0/s1. The molecule has 0 saturated carbocycles. The molecule has 0 unspecified atom stereocenters. The SMILES string of the molecule is O=C(CF)N[C@@H](NC[C@@H]1CCCO1)C(Cl)(Cl)Cl. The van der Waals surface area contributed by atoms with Gasteiger partial charge in [0.2, 0.25) is 3.79 Å². The fourth-order valence-corrected chi connectivity index (χ4v) is 1.90. The number of halogens is 4. The zero-order valence-corrected chi connectivity index (χ0v) is 11.3. The van der Waals surface area contributed by atoms with Crippen LogP contribution in [0.15, 0.2) is 0 Å². The quantitative estimate of drug-likeness (QED) is 0.598. The van der Waals surface area contributed by atoms with E-state index in [0.717, 1.165) is 12.8 Å². The second-order valence-corrected chi connectivity index (χ2v) is 6.09. The van der Waals surface area contributed by atoms with E-state index in [1.807, 2.05) is 0 Å². The van der Waals surface area contributed by atoms with Crippen molar-refractivity contribution in [1.29, 1.82) is 0 Å². The van der Waals surface area contributed by atoms with Crippen molar-refractivity contribution in [3.05, 3.63) is 0 Å². The Hall–Kier alpha value is 0.190. The van der Waals surface area contributed by atoms with Crippen molar-refractivity contribution in [1.82, 2.24) is 10.6 Å². The summed E-state index contributed by atoms with van der Waals surface area (Å²) in [5, 5.41) is 5.10. The van der Waals surface area contributed by atoms with Crippen LogP contribution in [0.5, 0.6) is 0 Å². The predicted octanol–water partition coefficient (Wildman–Crippen LogP) is 1.54.